The number of ketones is 1. The lowest BCUT2D eigenvalue weighted by molar-refractivity contribution is -0.145. The van der Waals surface area contributed by atoms with E-state index in [1.54, 1.807) is 13.0 Å². The maximum absolute atomic E-state index is 14.0. The standard InChI is InChI=1S/C31H21Cl2F5N8O3/c1-16-9-18(13-39)10-22(28(48)40-14-17-5-7-20(8-6-17)49-30(34)35)21(16)12-26(47)25-11-19(15-45-43-29(41-44-45)31(36,37)38)42-46(25)27-23(32)3-2-4-24(27)33/h2-11,30H,12,14-15H2,1H3,(H,40,48). The van der Waals surface area contributed by atoms with E-state index in [0.29, 0.717) is 15.9 Å². The molecule has 0 radical (unpaired) electrons. The molecule has 11 nitrogen and oxygen atoms in total. The fourth-order valence-electron chi connectivity index (χ4n) is 4.77. The van der Waals surface area contributed by atoms with E-state index in [-0.39, 0.29) is 62.5 Å². The van der Waals surface area contributed by atoms with Crippen LogP contribution in [0, 0.1) is 18.3 Å². The molecule has 0 aliphatic rings. The smallest absolute Gasteiger partial charge is 0.435 e. The van der Waals surface area contributed by atoms with Crippen LogP contribution in [0.2, 0.25) is 10.0 Å². The van der Waals surface area contributed by atoms with Crippen LogP contribution in [0.4, 0.5) is 22.0 Å². The number of rotatable bonds is 11. The van der Waals surface area contributed by atoms with Crippen LogP contribution in [0.1, 0.15) is 54.6 Å². The fraction of sp³-hybridized carbons (Fsp3) is 0.194. The van der Waals surface area contributed by atoms with Crippen molar-refractivity contribution in [3.8, 4) is 17.5 Å². The highest BCUT2D eigenvalue weighted by atomic mass is 35.5. The number of nitrogens with zero attached hydrogens (tertiary/aromatic N) is 7. The minimum absolute atomic E-state index is 0.0233. The number of nitriles is 1. The van der Waals surface area contributed by atoms with E-state index in [4.69, 9.17) is 23.2 Å². The first kappa shape index (κ1) is 34.9. The van der Waals surface area contributed by atoms with Gasteiger partial charge in [-0.25, -0.2) is 4.68 Å². The van der Waals surface area contributed by atoms with Crippen LogP contribution in [-0.2, 0) is 25.7 Å². The lowest BCUT2D eigenvalue weighted by Gasteiger charge is -2.15. The molecule has 5 aromatic rings. The van der Waals surface area contributed by atoms with Crippen molar-refractivity contribution >= 4 is 34.9 Å². The van der Waals surface area contributed by atoms with Crippen molar-refractivity contribution in [3.05, 3.63) is 116 Å². The quantitative estimate of drug-likeness (QED) is 0.123. The first-order valence-corrected chi connectivity index (χ1v) is 14.8. The molecule has 0 spiro atoms. The summed E-state index contributed by atoms with van der Waals surface area (Å²) in [5.41, 5.74) is 1.54. The Labute approximate surface area is 283 Å². The number of aromatic nitrogens is 6. The van der Waals surface area contributed by atoms with Gasteiger partial charge in [0.2, 0.25) is 0 Å². The molecule has 2 aromatic heterocycles. The molecule has 18 heteroatoms. The van der Waals surface area contributed by atoms with Crippen LogP contribution in [-0.4, -0.2) is 48.3 Å². The van der Waals surface area contributed by atoms with Gasteiger partial charge in [0.25, 0.3) is 11.7 Å². The molecular formula is C31H21Cl2F5N8O3. The third kappa shape index (κ3) is 8.19. The number of amides is 1. The molecule has 2 heterocycles. The second kappa shape index (κ2) is 14.4. The van der Waals surface area contributed by atoms with Gasteiger partial charge >= 0.3 is 12.8 Å². The normalized spacial score (nSPS) is 11.4. The second-order valence-electron chi connectivity index (χ2n) is 10.4. The van der Waals surface area contributed by atoms with E-state index in [9.17, 15) is 36.8 Å². The van der Waals surface area contributed by atoms with Crippen LogP contribution in [0.15, 0.2) is 60.7 Å². The molecule has 0 saturated heterocycles. The first-order valence-electron chi connectivity index (χ1n) is 14.0. The Hall–Kier alpha value is -5.40. The number of aryl methyl sites for hydroxylation is 1. The number of hydrogen-bond donors (Lipinski definition) is 1. The van der Waals surface area contributed by atoms with Gasteiger partial charge in [0.15, 0.2) is 5.78 Å². The van der Waals surface area contributed by atoms with Crippen LogP contribution >= 0.6 is 23.2 Å². The predicted octanol–water partition coefficient (Wildman–Crippen LogP) is 6.37. The summed E-state index contributed by atoms with van der Waals surface area (Å²) in [6, 6.07) is 16.3. The van der Waals surface area contributed by atoms with Gasteiger partial charge in [-0.1, -0.05) is 41.4 Å². The third-order valence-corrected chi connectivity index (χ3v) is 7.60. The average Bonchev–Trinajstić information content (AvgIpc) is 3.69. The van der Waals surface area contributed by atoms with E-state index < -0.39 is 36.8 Å². The van der Waals surface area contributed by atoms with Crippen molar-refractivity contribution in [2.45, 2.75) is 39.2 Å². The molecule has 0 aliphatic heterocycles. The summed E-state index contributed by atoms with van der Waals surface area (Å²) in [5.74, 6) is -2.74. The number of halogens is 7. The number of hydrogen-bond acceptors (Lipinski definition) is 8. The van der Waals surface area contributed by atoms with Crippen molar-refractivity contribution in [1.29, 1.82) is 5.26 Å². The Bertz CT molecular complexity index is 2050. The van der Waals surface area contributed by atoms with E-state index in [1.807, 2.05) is 6.07 Å². The minimum atomic E-state index is -4.83. The van der Waals surface area contributed by atoms with Gasteiger partial charge in [0.1, 0.15) is 23.7 Å². The van der Waals surface area contributed by atoms with Gasteiger partial charge in [-0.2, -0.15) is 37.1 Å². The summed E-state index contributed by atoms with van der Waals surface area (Å²) in [4.78, 5) is 28.1. The summed E-state index contributed by atoms with van der Waals surface area (Å²) in [6.45, 7) is -1.81. The number of nitrogens with one attached hydrogen (secondary N) is 1. The molecule has 0 bridgehead atoms. The summed E-state index contributed by atoms with van der Waals surface area (Å²) in [6.07, 6.45) is -5.21. The average molecular weight is 719 g/mol. The molecule has 1 N–H and O–H groups in total. The topological polar surface area (TPSA) is 141 Å². The molecule has 49 heavy (non-hydrogen) atoms. The maximum atomic E-state index is 14.0. The zero-order valence-corrected chi connectivity index (χ0v) is 26.5. The number of tetrazole rings is 1. The van der Waals surface area contributed by atoms with Gasteiger partial charge in [-0.3, -0.25) is 9.59 Å². The van der Waals surface area contributed by atoms with Crippen molar-refractivity contribution in [2.75, 3.05) is 0 Å². The lowest BCUT2D eigenvalue weighted by atomic mass is 9.93. The monoisotopic (exact) mass is 718 g/mol. The summed E-state index contributed by atoms with van der Waals surface area (Å²) >= 11 is 12.8. The Balaban J connectivity index is 1.46. The number of alkyl halides is 5. The summed E-state index contributed by atoms with van der Waals surface area (Å²) < 4.78 is 69.6. The van der Waals surface area contributed by atoms with Crippen molar-refractivity contribution in [1.82, 2.24) is 35.3 Å². The minimum Gasteiger partial charge on any atom is -0.435 e. The Morgan fingerprint density at radius 1 is 1.04 bits per heavy atom. The zero-order chi connectivity index (χ0) is 35.5. The molecular weight excluding hydrogens is 698 g/mol. The number of carbonyl (C=O) groups excluding carboxylic acids is 2. The molecule has 1 amide bonds. The Morgan fingerprint density at radius 3 is 2.35 bits per heavy atom. The van der Waals surface area contributed by atoms with E-state index in [1.165, 1.54) is 54.6 Å². The van der Waals surface area contributed by atoms with E-state index >= 15 is 0 Å². The van der Waals surface area contributed by atoms with Gasteiger partial charge in [0.05, 0.1) is 27.4 Å². The largest absolute Gasteiger partial charge is 0.455 e. The van der Waals surface area contributed by atoms with Gasteiger partial charge in [-0.15, -0.1) is 10.2 Å². The molecule has 0 fully saturated rings. The summed E-state index contributed by atoms with van der Waals surface area (Å²) in [7, 11) is 0. The first-order chi connectivity index (χ1) is 23.2. The molecule has 0 atom stereocenters. The number of ether oxygens (including phenoxy) is 1. The Morgan fingerprint density at radius 2 is 1.73 bits per heavy atom. The van der Waals surface area contributed by atoms with Crippen LogP contribution in [0.5, 0.6) is 5.75 Å². The van der Waals surface area contributed by atoms with E-state index in [0.717, 1.165) is 4.68 Å². The predicted molar refractivity (Wildman–Crippen MR) is 164 cm³/mol. The molecule has 252 valence electrons. The SMILES string of the molecule is Cc1cc(C#N)cc(C(=O)NCc2ccc(OC(F)F)cc2)c1CC(=O)c1cc(Cn2nnc(C(F)(F)F)n2)nn1-c1c(Cl)cccc1Cl. The van der Waals surface area contributed by atoms with Gasteiger partial charge in [0, 0.05) is 18.5 Å². The maximum Gasteiger partial charge on any atom is 0.455 e. The number of benzene rings is 3. The number of Topliss-reactive ketones (excluding diaryl/α,β-unsaturated/α-hetero) is 1. The van der Waals surface area contributed by atoms with Crippen molar-refractivity contribution in [3.63, 3.8) is 0 Å². The lowest BCUT2D eigenvalue weighted by Crippen LogP contribution is -2.25. The number of carbonyl (C=O) groups is 2. The second-order valence-corrected chi connectivity index (χ2v) is 11.2. The van der Waals surface area contributed by atoms with Crippen LogP contribution in [0.3, 0.4) is 0 Å². The Kier molecular flexibility index (Phi) is 10.2. The van der Waals surface area contributed by atoms with Gasteiger partial charge in [-0.05, 0) is 71.3 Å². The highest BCUT2D eigenvalue weighted by molar-refractivity contribution is 6.37. The van der Waals surface area contributed by atoms with Crippen LogP contribution < -0.4 is 10.1 Å². The molecule has 0 unspecified atom stereocenters. The highest BCUT2D eigenvalue weighted by Gasteiger charge is 2.37. The zero-order valence-electron chi connectivity index (χ0n) is 25.0. The third-order valence-electron chi connectivity index (χ3n) is 6.99. The van der Waals surface area contributed by atoms with Crippen LogP contribution in [0.25, 0.3) is 5.69 Å². The fourth-order valence-corrected chi connectivity index (χ4v) is 5.33. The van der Waals surface area contributed by atoms with Crippen molar-refractivity contribution < 1.29 is 36.3 Å². The summed E-state index contributed by atoms with van der Waals surface area (Å²) in [5, 5.41) is 26.6. The highest BCUT2D eigenvalue weighted by Crippen LogP contribution is 2.31. The molecule has 3 aromatic carbocycles. The van der Waals surface area contributed by atoms with E-state index in [2.05, 4.69) is 30.6 Å². The molecule has 0 aliphatic carbocycles. The molecule has 5 rings (SSSR count). The van der Waals surface area contributed by atoms with Gasteiger partial charge < -0.3 is 10.1 Å². The number of para-hydroxylation sites is 1. The molecule has 0 saturated carbocycles. The van der Waals surface area contributed by atoms with Crippen molar-refractivity contribution in [2.24, 2.45) is 0 Å².